The van der Waals surface area contributed by atoms with Crippen molar-refractivity contribution in [3.8, 4) is 5.82 Å². The molecule has 0 bridgehead atoms. The van der Waals surface area contributed by atoms with Crippen molar-refractivity contribution in [1.82, 2.24) is 19.7 Å². The molecule has 0 aliphatic rings. The number of hydrogen-bond donors (Lipinski definition) is 3. The van der Waals surface area contributed by atoms with Gasteiger partial charge in [0.05, 0.1) is 12.3 Å². The molecule has 0 aliphatic heterocycles. The van der Waals surface area contributed by atoms with Crippen molar-refractivity contribution in [2.45, 2.75) is 6.61 Å². The highest BCUT2D eigenvalue weighted by Crippen LogP contribution is 2.14. The molecule has 2 heterocycles. The second-order valence-corrected chi connectivity index (χ2v) is 3.14. The Balaban J connectivity index is 2.45. The van der Waals surface area contributed by atoms with E-state index in [-0.39, 0.29) is 6.61 Å². The molecule has 0 unspecified atom stereocenters. The fourth-order valence-electron chi connectivity index (χ4n) is 1.31. The Morgan fingerprint density at radius 3 is 2.88 bits per heavy atom. The van der Waals surface area contributed by atoms with Crippen LogP contribution in [0.2, 0.25) is 0 Å². The van der Waals surface area contributed by atoms with Gasteiger partial charge in [0.15, 0.2) is 5.82 Å². The van der Waals surface area contributed by atoms with Crippen LogP contribution in [0.1, 0.15) is 5.69 Å². The summed E-state index contributed by atoms with van der Waals surface area (Å²) in [6.07, 6.45) is 1.42. The zero-order valence-electron chi connectivity index (χ0n) is 8.75. The Bertz CT molecular complexity index is 494. The largest absolute Gasteiger partial charge is 0.390 e. The maximum atomic E-state index is 8.95. The first kappa shape index (κ1) is 10.4. The van der Waals surface area contributed by atoms with E-state index < -0.39 is 0 Å². The maximum absolute atomic E-state index is 8.95. The van der Waals surface area contributed by atoms with E-state index in [1.54, 1.807) is 19.2 Å². The lowest BCUT2D eigenvalue weighted by molar-refractivity contribution is 0.276. The molecule has 2 aromatic heterocycles. The standard InChI is InChI=1S/C9H12N6O/c1-11-8-3-9(13-5-12-8)15-7(10)2-6(4-16)14-15/h2-3,5,16H,4,10H2,1H3,(H,11,12,13). The normalized spacial score (nSPS) is 10.4. The minimum atomic E-state index is -0.152. The van der Waals surface area contributed by atoms with Crippen molar-refractivity contribution in [2.75, 3.05) is 18.1 Å². The quantitative estimate of drug-likeness (QED) is 0.661. The molecule has 0 saturated heterocycles. The minimum absolute atomic E-state index is 0.152. The summed E-state index contributed by atoms with van der Waals surface area (Å²) in [5, 5.41) is 15.9. The molecule has 0 fully saturated rings. The molecule has 0 atom stereocenters. The van der Waals surface area contributed by atoms with Gasteiger partial charge in [0.2, 0.25) is 0 Å². The number of aromatic nitrogens is 4. The van der Waals surface area contributed by atoms with Crippen molar-refractivity contribution in [2.24, 2.45) is 0 Å². The molecule has 7 heteroatoms. The predicted molar refractivity (Wildman–Crippen MR) is 59.0 cm³/mol. The van der Waals surface area contributed by atoms with Gasteiger partial charge in [-0.1, -0.05) is 0 Å². The van der Waals surface area contributed by atoms with Gasteiger partial charge in [-0.2, -0.15) is 9.78 Å². The van der Waals surface area contributed by atoms with Crippen LogP contribution >= 0.6 is 0 Å². The molecule has 4 N–H and O–H groups in total. The van der Waals surface area contributed by atoms with Gasteiger partial charge in [-0.3, -0.25) is 0 Å². The highest BCUT2D eigenvalue weighted by molar-refractivity contribution is 5.44. The highest BCUT2D eigenvalue weighted by atomic mass is 16.3. The molecule has 0 spiro atoms. The summed E-state index contributed by atoms with van der Waals surface area (Å²) in [5.41, 5.74) is 6.25. The molecule has 0 amide bonds. The van der Waals surface area contributed by atoms with Crippen LogP contribution in [-0.2, 0) is 6.61 Å². The van der Waals surface area contributed by atoms with Crippen LogP contribution in [0.3, 0.4) is 0 Å². The molecule has 7 nitrogen and oxygen atoms in total. The fraction of sp³-hybridized carbons (Fsp3) is 0.222. The van der Waals surface area contributed by atoms with Gasteiger partial charge in [0.25, 0.3) is 0 Å². The molecule has 0 aliphatic carbocycles. The lowest BCUT2D eigenvalue weighted by Crippen LogP contribution is -2.05. The number of nitrogens with one attached hydrogen (secondary N) is 1. The van der Waals surface area contributed by atoms with Crippen molar-refractivity contribution in [3.05, 3.63) is 24.2 Å². The Hall–Kier alpha value is -2.15. The molecular weight excluding hydrogens is 208 g/mol. The van der Waals surface area contributed by atoms with Crippen molar-refractivity contribution in [3.63, 3.8) is 0 Å². The van der Waals surface area contributed by atoms with Gasteiger partial charge in [0, 0.05) is 19.2 Å². The topological polar surface area (TPSA) is 102 Å². The summed E-state index contributed by atoms with van der Waals surface area (Å²) < 4.78 is 1.45. The first-order valence-electron chi connectivity index (χ1n) is 4.70. The van der Waals surface area contributed by atoms with Gasteiger partial charge in [0.1, 0.15) is 18.0 Å². The van der Waals surface area contributed by atoms with Crippen LogP contribution in [0, 0.1) is 0 Å². The number of nitrogens with two attached hydrogens (primary N) is 1. The van der Waals surface area contributed by atoms with E-state index in [1.165, 1.54) is 11.0 Å². The summed E-state index contributed by atoms with van der Waals surface area (Å²) >= 11 is 0. The molecule has 2 aromatic rings. The molecule has 0 saturated carbocycles. The van der Waals surface area contributed by atoms with Gasteiger partial charge >= 0.3 is 0 Å². The SMILES string of the molecule is CNc1cc(-n2nc(CO)cc2N)ncn1. The average molecular weight is 220 g/mol. The van der Waals surface area contributed by atoms with Crippen LogP contribution in [0.15, 0.2) is 18.5 Å². The van der Waals surface area contributed by atoms with Crippen LogP contribution < -0.4 is 11.1 Å². The second kappa shape index (κ2) is 4.15. The van der Waals surface area contributed by atoms with Gasteiger partial charge in [-0.15, -0.1) is 0 Å². The number of hydrogen-bond acceptors (Lipinski definition) is 6. The van der Waals surface area contributed by atoms with Gasteiger partial charge in [-0.05, 0) is 0 Å². The molecule has 16 heavy (non-hydrogen) atoms. The lowest BCUT2D eigenvalue weighted by atomic mass is 10.4. The first-order chi connectivity index (χ1) is 7.74. The summed E-state index contributed by atoms with van der Waals surface area (Å²) in [7, 11) is 1.76. The monoisotopic (exact) mass is 220 g/mol. The van der Waals surface area contributed by atoms with Gasteiger partial charge < -0.3 is 16.2 Å². The molecule has 0 radical (unpaired) electrons. The van der Waals surface area contributed by atoms with E-state index in [4.69, 9.17) is 10.8 Å². The molecular formula is C9H12N6O. The lowest BCUT2D eigenvalue weighted by Gasteiger charge is -2.04. The fourth-order valence-corrected chi connectivity index (χ4v) is 1.31. The molecule has 84 valence electrons. The van der Waals surface area contributed by atoms with Crippen molar-refractivity contribution < 1.29 is 5.11 Å². The predicted octanol–water partition coefficient (Wildman–Crippen LogP) is -0.222. The molecule has 2 rings (SSSR count). The number of aliphatic hydroxyl groups excluding tert-OH is 1. The van der Waals surface area contributed by atoms with Crippen LogP contribution in [0.5, 0.6) is 0 Å². The zero-order valence-corrected chi connectivity index (χ0v) is 8.75. The summed E-state index contributed by atoms with van der Waals surface area (Å²) in [5.74, 6) is 1.65. The molecule has 0 aromatic carbocycles. The van der Waals surface area contributed by atoms with Crippen molar-refractivity contribution >= 4 is 11.6 Å². The van der Waals surface area contributed by atoms with E-state index >= 15 is 0 Å². The van der Waals surface area contributed by atoms with Crippen molar-refractivity contribution in [1.29, 1.82) is 0 Å². The van der Waals surface area contributed by atoms with E-state index in [9.17, 15) is 0 Å². The van der Waals surface area contributed by atoms with Gasteiger partial charge in [-0.25, -0.2) is 9.97 Å². The number of nitrogen functional groups attached to an aromatic ring is 1. The number of aliphatic hydroxyl groups is 1. The van der Waals surface area contributed by atoms with Crippen LogP contribution in [-0.4, -0.2) is 31.9 Å². The average Bonchev–Trinajstić information content (AvgIpc) is 2.71. The maximum Gasteiger partial charge on any atom is 0.161 e. The van der Waals surface area contributed by atoms with E-state index in [0.717, 1.165) is 0 Å². The Morgan fingerprint density at radius 2 is 2.25 bits per heavy atom. The second-order valence-electron chi connectivity index (χ2n) is 3.14. The van der Waals surface area contributed by atoms with E-state index in [0.29, 0.717) is 23.1 Å². The summed E-state index contributed by atoms with van der Waals surface area (Å²) in [6, 6.07) is 3.31. The van der Waals surface area contributed by atoms with E-state index in [1.807, 2.05) is 0 Å². The third-order valence-corrected chi connectivity index (χ3v) is 2.08. The van der Waals surface area contributed by atoms with Crippen LogP contribution in [0.4, 0.5) is 11.6 Å². The summed E-state index contributed by atoms with van der Waals surface area (Å²) in [6.45, 7) is -0.152. The Kier molecular flexibility index (Phi) is 2.69. The van der Waals surface area contributed by atoms with Crippen LogP contribution in [0.25, 0.3) is 5.82 Å². The zero-order chi connectivity index (χ0) is 11.5. The number of anilines is 2. The minimum Gasteiger partial charge on any atom is -0.390 e. The first-order valence-corrected chi connectivity index (χ1v) is 4.70. The number of nitrogens with zero attached hydrogens (tertiary/aromatic N) is 4. The smallest absolute Gasteiger partial charge is 0.161 e. The third kappa shape index (κ3) is 1.80. The summed E-state index contributed by atoms with van der Waals surface area (Å²) in [4.78, 5) is 8.04. The Labute approximate surface area is 91.9 Å². The number of rotatable bonds is 3. The Morgan fingerprint density at radius 1 is 1.44 bits per heavy atom. The van der Waals surface area contributed by atoms with E-state index in [2.05, 4.69) is 20.4 Å². The third-order valence-electron chi connectivity index (χ3n) is 2.08. The highest BCUT2D eigenvalue weighted by Gasteiger charge is 2.07.